The maximum atomic E-state index is 12.9. The number of carbonyl (C=O) groups excluding carboxylic acids is 1. The van der Waals surface area contributed by atoms with E-state index in [1.54, 1.807) is 24.0 Å². The van der Waals surface area contributed by atoms with Gasteiger partial charge in [0.2, 0.25) is 5.91 Å². The molecule has 0 spiro atoms. The van der Waals surface area contributed by atoms with Crippen LogP contribution in [0.25, 0.3) is 0 Å². The molecule has 1 aliphatic rings. The van der Waals surface area contributed by atoms with Crippen LogP contribution in [0.4, 0.5) is 0 Å². The van der Waals surface area contributed by atoms with E-state index in [0.717, 1.165) is 23.1 Å². The summed E-state index contributed by atoms with van der Waals surface area (Å²) >= 11 is 12.4. The highest BCUT2D eigenvalue weighted by molar-refractivity contribution is 6.35. The first-order valence-corrected chi connectivity index (χ1v) is 8.16. The Labute approximate surface area is 145 Å². The van der Waals surface area contributed by atoms with Crippen LogP contribution < -0.4 is 5.32 Å². The Morgan fingerprint density at radius 2 is 2.17 bits per heavy atom. The molecule has 1 aromatic carbocycles. The van der Waals surface area contributed by atoms with Crippen molar-refractivity contribution in [2.24, 2.45) is 7.05 Å². The standard InChI is InChI=1S/C16H18Cl2N4O/c1-19-15(11-7-20-21(2)8-11)16(23)22-4-3-10-5-12(17)6-14(18)13(10)9-22/h5-8,15,19H,3-4,9H2,1-2H3. The van der Waals surface area contributed by atoms with Gasteiger partial charge < -0.3 is 10.2 Å². The maximum Gasteiger partial charge on any atom is 0.244 e. The van der Waals surface area contributed by atoms with Crippen LogP contribution in [0.5, 0.6) is 0 Å². The molecule has 0 saturated carbocycles. The molecule has 5 nitrogen and oxygen atoms in total. The van der Waals surface area contributed by atoms with E-state index < -0.39 is 6.04 Å². The summed E-state index contributed by atoms with van der Waals surface area (Å²) in [5.74, 6) is 0.0252. The van der Waals surface area contributed by atoms with Crippen LogP contribution in [0.3, 0.4) is 0 Å². The van der Waals surface area contributed by atoms with Crippen LogP contribution in [0.2, 0.25) is 10.0 Å². The predicted octanol–water partition coefficient (Wildman–Crippen LogP) is 2.57. The summed E-state index contributed by atoms with van der Waals surface area (Å²) in [6.07, 6.45) is 4.32. The smallest absolute Gasteiger partial charge is 0.244 e. The van der Waals surface area contributed by atoms with Crippen LogP contribution >= 0.6 is 23.2 Å². The molecule has 1 N–H and O–H groups in total. The number of halogens is 2. The van der Waals surface area contributed by atoms with E-state index in [9.17, 15) is 4.79 Å². The molecular weight excluding hydrogens is 335 g/mol. The van der Waals surface area contributed by atoms with Crippen LogP contribution in [0, 0.1) is 0 Å². The number of fused-ring (bicyclic) bond motifs is 1. The number of hydrogen-bond acceptors (Lipinski definition) is 3. The third-order valence-electron chi connectivity index (χ3n) is 4.16. The van der Waals surface area contributed by atoms with Crippen molar-refractivity contribution in [3.05, 3.63) is 51.3 Å². The van der Waals surface area contributed by atoms with Crippen molar-refractivity contribution in [2.45, 2.75) is 19.0 Å². The molecule has 122 valence electrons. The van der Waals surface area contributed by atoms with Gasteiger partial charge in [0, 0.05) is 41.9 Å². The molecule has 2 heterocycles. The van der Waals surface area contributed by atoms with Crippen LogP contribution in [0.1, 0.15) is 22.7 Å². The number of nitrogens with one attached hydrogen (secondary N) is 1. The summed E-state index contributed by atoms with van der Waals surface area (Å²) in [6.45, 7) is 1.16. The fourth-order valence-electron chi connectivity index (χ4n) is 2.97. The third kappa shape index (κ3) is 3.22. The first-order chi connectivity index (χ1) is 11.0. The lowest BCUT2D eigenvalue weighted by atomic mass is 9.98. The van der Waals surface area contributed by atoms with E-state index in [1.807, 2.05) is 24.2 Å². The average molecular weight is 353 g/mol. The van der Waals surface area contributed by atoms with Gasteiger partial charge in [0.1, 0.15) is 6.04 Å². The summed E-state index contributed by atoms with van der Waals surface area (Å²) in [5.41, 5.74) is 2.96. The second-order valence-corrected chi connectivity index (χ2v) is 6.55. The molecular formula is C16H18Cl2N4O. The van der Waals surface area contributed by atoms with Crippen LogP contribution in [0.15, 0.2) is 24.5 Å². The van der Waals surface area contributed by atoms with E-state index >= 15 is 0 Å². The number of hydrogen-bond donors (Lipinski definition) is 1. The number of aromatic nitrogens is 2. The molecule has 1 aromatic heterocycles. The van der Waals surface area contributed by atoms with Gasteiger partial charge in [-0.25, -0.2) is 0 Å². The number of nitrogens with zero attached hydrogens (tertiary/aromatic N) is 3. The lowest BCUT2D eigenvalue weighted by molar-refractivity contribution is -0.134. The Hall–Kier alpha value is -1.56. The molecule has 2 aromatic rings. The van der Waals surface area contributed by atoms with Crippen molar-refractivity contribution in [2.75, 3.05) is 13.6 Å². The van der Waals surface area contributed by atoms with Gasteiger partial charge in [-0.3, -0.25) is 9.48 Å². The number of carbonyl (C=O) groups is 1. The second-order valence-electron chi connectivity index (χ2n) is 5.70. The third-order valence-corrected chi connectivity index (χ3v) is 4.71. The molecule has 1 aliphatic heterocycles. The highest BCUT2D eigenvalue weighted by Crippen LogP contribution is 2.31. The van der Waals surface area contributed by atoms with Crippen molar-refractivity contribution >= 4 is 29.1 Å². The zero-order valence-electron chi connectivity index (χ0n) is 13.0. The van der Waals surface area contributed by atoms with Crippen molar-refractivity contribution in [3.63, 3.8) is 0 Å². The number of rotatable bonds is 3. The van der Waals surface area contributed by atoms with E-state index in [4.69, 9.17) is 23.2 Å². The number of amides is 1. The van der Waals surface area contributed by atoms with E-state index in [0.29, 0.717) is 23.1 Å². The zero-order chi connectivity index (χ0) is 16.6. The highest BCUT2D eigenvalue weighted by Gasteiger charge is 2.29. The topological polar surface area (TPSA) is 50.2 Å². The maximum absolute atomic E-state index is 12.9. The molecule has 1 atom stereocenters. The number of aryl methyl sites for hydroxylation is 1. The Morgan fingerprint density at radius 3 is 2.83 bits per heavy atom. The molecule has 3 rings (SSSR count). The largest absolute Gasteiger partial charge is 0.336 e. The minimum Gasteiger partial charge on any atom is -0.336 e. The lowest BCUT2D eigenvalue weighted by Crippen LogP contribution is -2.42. The fraction of sp³-hybridized carbons (Fsp3) is 0.375. The fourth-order valence-corrected chi connectivity index (χ4v) is 3.57. The molecule has 0 radical (unpaired) electrons. The monoisotopic (exact) mass is 352 g/mol. The quantitative estimate of drug-likeness (QED) is 0.923. The van der Waals surface area contributed by atoms with E-state index in [2.05, 4.69) is 10.4 Å². The Bertz CT molecular complexity index is 744. The Kier molecular flexibility index (Phi) is 4.62. The molecule has 7 heteroatoms. The van der Waals surface area contributed by atoms with Gasteiger partial charge >= 0.3 is 0 Å². The number of benzene rings is 1. The second kappa shape index (κ2) is 6.51. The summed E-state index contributed by atoms with van der Waals surface area (Å²) in [7, 11) is 3.61. The highest BCUT2D eigenvalue weighted by atomic mass is 35.5. The molecule has 0 aliphatic carbocycles. The van der Waals surface area contributed by atoms with Crippen molar-refractivity contribution in [1.82, 2.24) is 20.0 Å². The molecule has 0 saturated heterocycles. The summed E-state index contributed by atoms with van der Waals surface area (Å²) < 4.78 is 1.69. The van der Waals surface area contributed by atoms with Gasteiger partial charge in [-0.15, -0.1) is 0 Å². The SMILES string of the molecule is CNC(C(=O)N1CCc2cc(Cl)cc(Cl)c2C1)c1cnn(C)c1. The van der Waals surface area contributed by atoms with Gasteiger partial charge in [-0.1, -0.05) is 23.2 Å². The van der Waals surface area contributed by atoms with Gasteiger partial charge in [0.05, 0.1) is 6.20 Å². The molecule has 0 bridgehead atoms. The van der Waals surface area contributed by atoms with Crippen molar-refractivity contribution < 1.29 is 4.79 Å². The normalized spacial score (nSPS) is 15.4. The molecule has 23 heavy (non-hydrogen) atoms. The lowest BCUT2D eigenvalue weighted by Gasteiger charge is -2.32. The van der Waals surface area contributed by atoms with Gasteiger partial charge in [0.25, 0.3) is 0 Å². The van der Waals surface area contributed by atoms with E-state index in [1.165, 1.54) is 0 Å². The Balaban J connectivity index is 1.83. The first-order valence-electron chi connectivity index (χ1n) is 7.41. The van der Waals surface area contributed by atoms with Gasteiger partial charge in [-0.2, -0.15) is 5.10 Å². The molecule has 1 amide bonds. The zero-order valence-corrected chi connectivity index (χ0v) is 14.5. The van der Waals surface area contributed by atoms with Crippen molar-refractivity contribution in [3.8, 4) is 0 Å². The summed E-state index contributed by atoms with van der Waals surface area (Å²) in [5, 5.41) is 8.47. The summed E-state index contributed by atoms with van der Waals surface area (Å²) in [6, 6.07) is 3.25. The van der Waals surface area contributed by atoms with E-state index in [-0.39, 0.29) is 5.91 Å². The Morgan fingerprint density at radius 1 is 1.39 bits per heavy atom. The minimum atomic E-state index is -0.406. The first kappa shape index (κ1) is 16.3. The van der Waals surface area contributed by atoms with Gasteiger partial charge in [-0.05, 0) is 36.7 Å². The van der Waals surface area contributed by atoms with Gasteiger partial charge in [0.15, 0.2) is 0 Å². The predicted molar refractivity (Wildman–Crippen MR) is 90.6 cm³/mol. The molecule has 0 fully saturated rings. The van der Waals surface area contributed by atoms with Crippen LogP contribution in [-0.2, 0) is 24.8 Å². The minimum absolute atomic E-state index is 0.0252. The van der Waals surface area contributed by atoms with Crippen molar-refractivity contribution in [1.29, 1.82) is 0 Å². The number of likely N-dealkylation sites (N-methyl/N-ethyl adjacent to an activating group) is 1. The molecule has 1 unspecified atom stereocenters. The summed E-state index contributed by atoms with van der Waals surface area (Å²) in [4.78, 5) is 14.7. The van der Waals surface area contributed by atoms with Crippen LogP contribution in [-0.4, -0.2) is 34.2 Å². The average Bonchev–Trinajstić information content (AvgIpc) is 2.93.